The lowest BCUT2D eigenvalue weighted by Crippen LogP contribution is -2.23. The van der Waals surface area contributed by atoms with E-state index in [-0.39, 0.29) is 10.8 Å². The van der Waals surface area contributed by atoms with Crippen molar-refractivity contribution in [3.63, 3.8) is 0 Å². The molecule has 0 unspecified atom stereocenters. The van der Waals surface area contributed by atoms with Gasteiger partial charge in [-0.05, 0) is 34.4 Å². The van der Waals surface area contributed by atoms with Crippen LogP contribution in [-0.2, 0) is 17.3 Å². The molecule has 0 spiro atoms. The fourth-order valence-electron chi connectivity index (χ4n) is 2.47. The summed E-state index contributed by atoms with van der Waals surface area (Å²) in [4.78, 5) is 0. The topological polar surface area (TPSA) is 20.2 Å². The molecular formula is C17H26O. The van der Waals surface area contributed by atoms with Crippen LogP contribution in [0.1, 0.15) is 58.2 Å². The fraction of sp³-hybridized carbons (Fsp3) is 0.529. The molecule has 0 aliphatic rings. The van der Waals surface area contributed by atoms with E-state index in [1.807, 2.05) is 12.1 Å². The Bertz CT molecular complexity index is 442. The Morgan fingerprint density at radius 1 is 1.06 bits per heavy atom. The molecule has 0 fully saturated rings. The van der Waals surface area contributed by atoms with Gasteiger partial charge in [0.2, 0.25) is 0 Å². The number of phenols is 1. The lowest BCUT2D eigenvalue weighted by atomic mass is 9.72. The van der Waals surface area contributed by atoms with Gasteiger partial charge >= 0.3 is 0 Å². The number of aromatic hydroxyl groups is 1. The van der Waals surface area contributed by atoms with Gasteiger partial charge in [0.25, 0.3) is 0 Å². The molecule has 1 aromatic carbocycles. The van der Waals surface area contributed by atoms with Crippen molar-refractivity contribution in [2.45, 2.75) is 58.8 Å². The molecule has 0 aliphatic heterocycles. The van der Waals surface area contributed by atoms with Crippen molar-refractivity contribution < 1.29 is 5.11 Å². The maximum Gasteiger partial charge on any atom is 0.119 e. The van der Waals surface area contributed by atoms with E-state index in [4.69, 9.17) is 0 Å². The zero-order valence-electron chi connectivity index (χ0n) is 12.6. The van der Waals surface area contributed by atoms with Crippen LogP contribution >= 0.6 is 0 Å². The van der Waals surface area contributed by atoms with Crippen LogP contribution in [0.5, 0.6) is 5.75 Å². The van der Waals surface area contributed by atoms with Gasteiger partial charge in [-0.3, -0.25) is 0 Å². The molecule has 0 heterocycles. The van der Waals surface area contributed by atoms with Crippen LogP contribution in [0.15, 0.2) is 24.8 Å². The van der Waals surface area contributed by atoms with E-state index >= 15 is 0 Å². The van der Waals surface area contributed by atoms with Gasteiger partial charge in [0.15, 0.2) is 0 Å². The number of hydrogen-bond donors (Lipinski definition) is 1. The molecule has 0 atom stereocenters. The van der Waals surface area contributed by atoms with E-state index in [1.165, 1.54) is 11.1 Å². The number of rotatable bonds is 2. The Morgan fingerprint density at radius 2 is 1.61 bits per heavy atom. The number of hydrogen-bond acceptors (Lipinski definition) is 1. The smallest absolute Gasteiger partial charge is 0.119 e. The normalized spacial score (nSPS) is 12.6. The molecule has 0 aromatic heterocycles. The second-order valence-corrected chi connectivity index (χ2v) is 6.98. The van der Waals surface area contributed by atoms with Crippen molar-refractivity contribution in [3.8, 4) is 5.75 Å². The first-order chi connectivity index (χ1) is 8.09. The summed E-state index contributed by atoms with van der Waals surface area (Å²) >= 11 is 0. The number of phenolic OH excluding ortho intramolecular Hbond substituents is 1. The molecule has 18 heavy (non-hydrogen) atoms. The maximum absolute atomic E-state index is 10.1. The molecule has 0 bridgehead atoms. The summed E-state index contributed by atoms with van der Waals surface area (Å²) < 4.78 is 0. The highest BCUT2D eigenvalue weighted by molar-refractivity contribution is 5.51. The number of allylic oxidation sites excluding steroid dienone is 1. The predicted octanol–water partition coefficient (Wildman–Crippen LogP) is 4.72. The van der Waals surface area contributed by atoms with E-state index in [1.54, 1.807) is 0 Å². The molecule has 1 heteroatoms. The van der Waals surface area contributed by atoms with Crippen molar-refractivity contribution in [3.05, 3.63) is 41.5 Å². The highest BCUT2D eigenvalue weighted by Gasteiger charge is 2.28. The first kappa shape index (κ1) is 14.8. The van der Waals surface area contributed by atoms with Gasteiger partial charge in [-0.2, -0.15) is 0 Å². The van der Waals surface area contributed by atoms with Gasteiger partial charge < -0.3 is 5.11 Å². The van der Waals surface area contributed by atoms with Crippen LogP contribution in [0.3, 0.4) is 0 Å². The van der Waals surface area contributed by atoms with Crippen LogP contribution in [0.2, 0.25) is 0 Å². The Morgan fingerprint density at radius 3 is 2.00 bits per heavy atom. The molecule has 1 nitrogen and oxygen atoms in total. The van der Waals surface area contributed by atoms with Gasteiger partial charge in [0, 0.05) is 5.56 Å². The fourth-order valence-corrected chi connectivity index (χ4v) is 2.47. The summed E-state index contributed by atoms with van der Waals surface area (Å²) in [5.74, 6) is 0.382. The highest BCUT2D eigenvalue weighted by atomic mass is 16.3. The average Bonchev–Trinajstić information content (AvgIpc) is 2.17. The Balaban J connectivity index is 3.65. The van der Waals surface area contributed by atoms with Gasteiger partial charge in [0.05, 0.1) is 0 Å². The first-order valence-corrected chi connectivity index (χ1v) is 6.55. The Labute approximate surface area is 112 Å². The molecule has 1 rings (SSSR count). The van der Waals surface area contributed by atoms with E-state index in [2.05, 4.69) is 54.2 Å². The van der Waals surface area contributed by atoms with Crippen molar-refractivity contribution in [1.29, 1.82) is 0 Å². The van der Waals surface area contributed by atoms with E-state index in [0.717, 1.165) is 5.56 Å². The quantitative estimate of drug-likeness (QED) is 0.749. The highest BCUT2D eigenvalue weighted by Crippen LogP contribution is 2.39. The monoisotopic (exact) mass is 246 g/mol. The zero-order valence-corrected chi connectivity index (χ0v) is 12.6. The van der Waals surface area contributed by atoms with Crippen molar-refractivity contribution >= 4 is 0 Å². The minimum absolute atomic E-state index is 0.0136. The largest absolute Gasteiger partial charge is 0.508 e. The van der Waals surface area contributed by atoms with Crippen LogP contribution < -0.4 is 0 Å². The summed E-state index contributed by atoms with van der Waals surface area (Å²) in [7, 11) is 0. The molecular weight excluding hydrogens is 220 g/mol. The molecule has 100 valence electrons. The average molecular weight is 246 g/mol. The van der Waals surface area contributed by atoms with Crippen molar-refractivity contribution in [2.24, 2.45) is 0 Å². The third-order valence-corrected chi connectivity index (χ3v) is 3.19. The summed E-state index contributed by atoms with van der Waals surface area (Å²) in [6, 6.07) is 3.87. The van der Waals surface area contributed by atoms with E-state index < -0.39 is 0 Å². The van der Waals surface area contributed by atoms with Crippen molar-refractivity contribution in [1.82, 2.24) is 0 Å². The molecule has 0 radical (unpaired) electrons. The zero-order chi connectivity index (χ0) is 14.1. The lowest BCUT2D eigenvalue weighted by Gasteiger charge is -2.32. The standard InChI is InChI=1S/C17H26O/c1-8-9-12-14(18)11-10-13(16(2,3)4)15(12)17(5,6)7/h8,10-11,18H,1,9H2,2-7H3. The molecule has 0 saturated carbocycles. The molecule has 0 aliphatic carbocycles. The third kappa shape index (κ3) is 2.95. The van der Waals surface area contributed by atoms with Crippen LogP contribution in [0, 0.1) is 0 Å². The van der Waals surface area contributed by atoms with Gasteiger partial charge in [-0.25, -0.2) is 0 Å². The van der Waals surface area contributed by atoms with Crippen molar-refractivity contribution in [2.75, 3.05) is 0 Å². The second-order valence-electron chi connectivity index (χ2n) is 6.98. The minimum atomic E-state index is 0.0136. The van der Waals surface area contributed by atoms with E-state index in [0.29, 0.717) is 12.2 Å². The predicted molar refractivity (Wildman–Crippen MR) is 79.4 cm³/mol. The van der Waals surface area contributed by atoms with Crippen LogP contribution in [0.4, 0.5) is 0 Å². The van der Waals surface area contributed by atoms with Crippen LogP contribution in [0.25, 0.3) is 0 Å². The van der Waals surface area contributed by atoms with Gasteiger partial charge in [-0.1, -0.05) is 53.7 Å². The summed E-state index contributed by atoms with van der Waals surface area (Å²) in [5.41, 5.74) is 3.68. The maximum atomic E-state index is 10.1. The van der Waals surface area contributed by atoms with Crippen LogP contribution in [-0.4, -0.2) is 5.11 Å². The molecule has 1 N–H and O–H groups in total. The summed E-state index contributed by atoms with van der Waals surface area (Å²) in [6.45, 7) is 17.0. The Hall–Kier alpha value is -1.24. The molecule has 0 saturated heterocycles. The lowest BCUT2D eigenvalue weighted by molar-refractivity contribution is 0.458. The summed E-state index contributed by atoms with van der Waals surface area (Å²) in [5, 5.41) is 10.1. The van der Waals surface area contributed by atoms with E-state index in [9.17, 15) is 5.11 Å². The van der Waals surface area contributed by atoms with Gasteiger partial charge in [-0.15, -0.1) is 6.58 Å². The Kier molecular flexibility index (Phi) is 3.95. The number of benzene rings is 1. The molecule has 0 amide bonds. The van der Waals surface area contributed by atoms with Gasteiger partial charge in [0.1, 0.15) is 5.75 Å². The second kappa shape index (κ2) is 4.79. The summed E-state index contributed by atoms with van der Waals surface area (Å²) in [6.07, 6.45) is 2.57. The minimum Gasteiger partial charge on any atom is -0.508 e. The SMILES string of the molecule is C=CCc1c(O)ccc(C(C)(C)C)c1C(C)(C)C. The first-order valence-electron chi connectivity index (χ1n) is 6.55. The third-order valence-electron chi connectivity index (χ3n) is 3.19. The molecule has 1 aromatic rings.